The van der Waals surface area contributed by atoms with Crippen molar-refractivity contribution in [2.75, 3.05) is 18.1 Å². The van der Waals surface area contributed by atoms with Crippen LogP contribution in [0.15, 0.2) is 36.8 Å². The van der Waals surface area contributed by atoms with Crippen LogP contribution < -0.4 is 4.90 Å². The molecule has 2 aromatic heterocycles. The molecule has 1 aliphatic heterocycles. The number of esters is 1. The van der Waals surface area contributed by atoms with E-state index in [-0.39, 0.29) is 5.97 Å². The zero-order chi connectivity index (χ0) is 18.1. The van der Waals surface area contributed by atoms with Crippen molar-refractivity contribution >= 4 is 23.0 Å². The topological polar surface area (TPSA) is 59.7 Å². The van der Waals surface area contributed by atoms with Gasteiger partial charge in [0.1, 0.15) is 11.8 Å². The Morgan fingerprint density at radius 2 is 2.12 bits per heavy atom. The van der Waals surface area contributed by atoms with Crippen molar-refractivity contribution in [1.82, 2.24) is 14.6 Å². The van der Waals surface area contributed by atoms with Crippen molar-refractivity contribution in [2.45, 2.75) is 33.1 Å². The molecule has 1 aromatic carbocycles. The minimum atomic E-state index is -0.306. The number of nitrogens with zero attached hydrogens (tertiary/aromatic N) is 4. The van der Waals surface area contributed by atoms with Gasteiger partial charge in [0.25, 0.3) is 0 Å². The summed E-state index contributed by atoms with van der Waals surface area (Å²) in [5.41, 5.74) is 4.89. The Balaban J connectivity index is 1.91. The normalized spacial score (nSPS) is 13.7. The molecule has 0 atom stereocenters. The molecule has 0 radical (unpaired) electrons. The number of fused-ring (bicyclic) bond motifs is 2. The molecule has 0 amide bonds. The van der Waals surface area contributed by atoms with Crippen LogP contribution >= 0.6 is 0 Å². The molecular weight excluding hydrogens is 328 g/mol. The molecule has 3 heterocycles. The van der Waals surface area contributed by atoms with Crippen LogP contribution in [0.3, 0.4) is 0 Å². The number of aryl methyl sites for hydroxylation is 2. The number of aromatic nitrogens is 3. The Hall–Kier alpha value is -2.89. The van der Waals surface area contributed by atoms with Gasteiger partial charge in [0, 0.05) is 18.4 Å². The summed E-state index contributed by atoms with van der Waals surface area (Å²) in [7, 11) is 0. The van der Waals surface area contributed by atoms with Gasteiger partial charge in [-0.2, -0.15) is 5.10 Å². The van der Waals surface area contributed by atoms with Crippen LogP contribution in [0.1, 0.15) is 41.8 Å². The van der Waals surface area contributed by atoms with Gasteiger partial charge in [0.05, 0.1) is 12.2 Å². The van der Waals surface area contributed by atoms with Gasteiger partial charge in [-0.1, -0.05) is 25.1 Å². The summed E-state index contributed by atoms with van der Waals surface area (Å²) in [6, 6.07) is 8.43. The third kappa shape index (κ3) is 2.62. The molecule has 0 fully saturated rings. The number of benzene rings is 1. The van der Waals surface area contributed by atoms with Gasteiger partial charge in [0.2, 0.25) is 0 Å². The summed E-state index contributed by atoms with van der Waals surface area (Å²) in [6.07, 6.45) is 6.16. The molecule has 0 spiro atoms. The lowest BCUT2D eigenvalue weighted by Crippen LogP contribution is -2.26. The van der Waals surface area contributed by atoms with Crippen molar-refractivity contribution in [3.05, 3.63) is 53.5 Å². The Kier molecular flexibility index (Phi) is 4.32. The Bertz CT molecular complexity index is 964. The third-order valence-electron chi connectivity index (χ3n) is 4.87. The largest absolute Gasteiger partial charge is 0.462 e. The standard InChI is InChI=1S/C20H22N4O2/c1-3-15-16(20(25)26-4-2)12-24-18(15)19(21-13-22-24)23-11-7-9-14-8-5-6-10-17(14)23/h5-6,8,10,12-13H,3-4,7,9,11H2,1-2H3. The van der Waals surface area contributed by atoms with Gasteiger partial charge in [0.15, 0.2) is 5.82 Å². The Morgan fingerprint density at radius 1 is 1.27 bits per heavy atom. The lowest BCUT2D eigenvalue weighted by Gasteiger charge is -2.30. The van der Waals surface area contributed by atoms with Gasteiger partial charge in [-0.25, -0.2) is 14.3 Å². The highest BCUT2D eigenvalue weighted by molar-refractivity contribution is 5.96. The van der Waals surface area contributed by atoms with Crippen LogP contribution in [-0.4, -0.2) is 33.7 Å². The van der Waals surface area contributed by atoms with Crippen molar-refractivity contribution in [2.24, 2.45) is 0 Å². The van der Waals surface area contributed by atoms with Gasteiger partial charge >= 0.3 is 5.97 Å². The highest BCUT2D eigenvalue weighted by atomic mass is 16.5. The van der Waals surface area contributed by atoms with E-state index >= 15 is 0 Å². The SMILES string of the molecule is CCOC(=O)c1cn2ncnc(N3CCCc4ccccc43)c2c1CC. The van der Waals surface area contributed by atoms with E-state index in [1.54, 1.807) is 17.0 Å². The second-order valence-corrected chi connectivity index (χ2v) is 6.36. The van der Waals surface area contributed by atoms with E-state index in [1.807, 2.05) is 13.8 Å². The zero-order valence-corrected chi connectivity index (χ0v) is 15.1. The van der Waals surface area contributed by atoms with E-state index < -0.39 is 0 Å². The number of carbonyl (C=O) groups excluding carboxylic acids is 1. The first-order valence-corrected chi connectivity index (χ1v) is 9.12. The second kappa shape index (κ2) is 6.78. The second-order valence-electron chi connectivity index (χ2n) is 6.36. The molecular formula is C20H22N4O2. The third-order valence-corrected chi connectivity index (χ3v) is 4.87. The van der Waals surface area contributed by atoms with Crippen molar-refractivity contribution in [3.63, 3.8) is 0 Å². The average molecular weight is 350 g/mol. The monoisotopic (exact) mass is 350 g/mol. The highest BCUT2D eigenvalue weighted by Gasteiger charge is 2.25. The minimum absolute atomic E-state index is 0.306. The van der Waals surface area contributed by atoms with E-state index in [0.29, 0.717) is 18.6 Å². The number of para-hydroxylation sites is 1. The number of hydrogen-bond donors (Lipinski definition) is 0. The summed E-state index contributed by atoms with van der Waals surface area (Å²) >= 11 is 0. The lowest BCUT2D eigenvalue weighted by atomic mass is 10.0. The number of rotatable bonds is 4. The predicted molar refractivity (Wildman–Crippen MR) is 100 cm³/mol. The molecule has 0 bridgehead atoms. The summed E-state index contributed by atoms with van der Waals surface area (Å²) in [5, 5.41) is 4.34. The number of carbonyl (C=O) groups is 1. The fourth-order valence-electron chi connectivity index (χ4n) is 3.75. The molecule has 3 aromatic rings. The number of hydrogen-bond acceptors (Lipinski definition) is 5. The van der Waals surface area contributed by atoms with Gasteiger partial charge in [-0.15, -0.1) is 0 Å². The summed E-state index contributed by atoms with van der Waals surface area (Å²) in [5.74, 6) is 0.541. The fourth-order valence-corrected chi connectivity index (χ4v) is 3.75. The molecule has 134 valence electrons. The summed E-state index contributed by atoms with van der Waals surface area (Å²) in [6.45, 7) is 5.10. The molecule has 0 saturated heterocycles. The van der Waals surface area contributed by atoms with E-state index in [0.717, 1.165) is 36.3 Å². The molecule has 0 unspecified atom stereocenters. The quantitative estimate of drug-likeness (QED) is 0.674. The van der Waals surface area contributed by atoms with Gasteiger partial charge in [-0.3, -0.25) is 0 Å². The molecule has 6 heteroatoms. The van der Waals surface area contributed by atoms with Gasteiger partial charge in [-0.05, 0) is 43.4 Å². The first-order chi connectivity index (χ1) is 12.7. The molecule has 4 rings (SSSR count). The average Bonchev–Trinajstić information content (AvgIpc) is 3.06. The smallest absolute Gasteiger partial charge is 0.340 e. The predicted octanol–water partition coefficient (Wildman–Crippen LogP) is 3.55. The summed E-state index contributed by atoms with van der Waals surface area (Å²) in [4.78, 5) is 19.2. The van der Waals surface area contributed by atoms with E-state index in [2.05, 4.69) is 39.2 Å². The van der Waals surface area contributed by atoms with E-state index in [9.17, 15) is 4.79 Å². The van der Waals surface area contributed by atoms with Crippen LogP contribution in [0.2, 0.25) is 0 Å². The maximum absolute atomic E-state index is 12.4. The van der Waals surface area contributed by atoms with Gasteiger partial charge < -0.3 is 9.64 Å². The lowest BCUT2D eigenvalue weighted by molar-refractivity contribution is 0.0525. The first kappa shape index (κ1) is 16.6. The van der Waals surface area contributed by atoms with Crippen LogP contribution in [-0.2, 0) is 17.6 Å². The minimum Gasteiger partial charge on any atom is -0.462 e. The first-order valence-electron chi connectivity index (χ1n) is 9.12. The number of anilines is 2. The molecule has 1 aliphatic rings. The van der Waals surface area contributed by atoms with Crippen LogP contribution in [0.4, 0.5) is 11.5 Å². The highest BCUT2D eigenvalue weighted by Crippen LogP contribution is 2.36. The zero-order valence-electron chi connectivity index (χ0n) is 15.1. The molecule has 0 saturated carbocycles. The molecule has 0 N–H and O–H groups in total. The van der Waals surface area contributed by atoms with Crippen LogP contribution in [0.5, 0.6) is 0 Å². The number of ether oxygens (including phenoxy) is 1. The molecule has 26 heavy (non-hydrogen) atoms. The maximum Gasteiger partial charge on any atom is 0.340 e. The molecule has 0 aliphatic carbocycles. The maximum atomic E-state index is 12.4. The fraction of sp³-hybridized carbons (Fsp3) is 0.350. The summed E-state index contributed by atoms with van der Waals surface area (Å²) < 4.78 is 6.98. The van der Waals surface area contributed by atoms with Crippen molar-refractivity contribution in [1.29, 1.82) is 0 Å². The van der Waals surface area contributed by atoms with Crippen LogP contribution in [0, 0.1) is 0 Å². The van der Waals surface area contributed by atoms with Crippen molar-refractivity contribution in [3.8, 4) is 0 Å². The van der Waals surface area contributed by atoms with E-state index in [4.69, 9.17) is 4.74 Å². The Labute approximate surface area is 152 Å². The molecule has 6 nitrogen and oxygen atoms in total. The Morgan fingerprint density at radius 3 is 2.92 bits per heavy atom. The van der Waals surface area contributed by atoms with Crippen molar-refractivity contribution < 1.29 is 9.53 Å². The van der Waals surface area contributed by atoms with E-state index in [1.165, 1.54) is 11.3 Å². The van der Waals surface area contributed by atoms with Crippen LogP contribution in [0.25, 0.3) is 5.52 Å².